The molecule has 0 aromatic heterocycles. The van der Waals surface area contributed by atoms with Crippen molar-refractivity contribution < 1.29 is 9.90 Å². The Morgan fingerprint density at radius 2 is 2.27 bits per heavy atom. The van der Waals surface area contributed by atoms with E-state index < -0.39 is 0 Å². The van der Waals surface area contributed by atoms with Gasteiger partial charge in [0.15, 0.2) is 0 Å². The maximum atomic E-state index is 11.6. The van der Waals surface area contributed by atoms with Gasteiger partial charge >= 0.3 is 0 Å². The highest BCUT2D eigenvalue weighted by Gasteiger charge is 2.59. The molecule has 1 radical (unpaired) electrons. The second-order valence-electron chi connectivity index (χ2n) is 6.00. The van der Waals surface area contributed by atoms with Gasteiger partial charge in [-0.2, -0.15) is 0 Å². The zero-order valence-electron chi connectivity index (χ0n) is 8.91. The van der Waals surface area contributed by atoms with Gasteiger partial charge in [0.25, 0.3) is 0 Å². The monoisotopic (exact) mass is 208 g/mol. The molecular weight excluding hydrogens is 190 g/mol. The van der Waals surface area contributed by atoms with E-state index in [4.69, 9.17) is 5.73 Å². The van der Waals surface area contributed by atoms with Crippen LogP contribution in [-0.4, -0.2) is 17.6 Å². The minimum absolute atomic E-state index is 0.00954. The molecule has 0 aromatic carbocycles. The molecule has 3 heteroatoms. The molecule has 83 valence electrons. The summed E-state index contributed by atoms with van der Waals surface area (Å²) in [6.45, 7) is 0.225. The van der Waals surface area contributed by atoms with E-state index in [1.807, 2.05) is 0 Å². The van der Waals surface area contributed by atoms with Gasteiger partial charge < -0.3 is 10.8 Å². The Bertz CT molecular complexity index is 299. The maximum absolute atomic E-state index is 11.6. The van der Waals surface area contributed by atoms with Crippen molar-refractivity contribution in [3.8, 4) is 0 Å². The van der Waals surface area contributed by atoms with E-state index in [-0.39, 0.29) is 23.3 Å². The molecule has 0 saturated heterocycles. The summed E-state index contributed by atoms with van der Waals surface area (Å²) in [6, 6.07) is 0. The van der Waals surface area contributed by atoms with E-state index in [2.05, 4.69) is 6.42 Å². The molecule has 0 aliphatic heterocycles. The highest BCUT2D eigenvalue weighted by Crippen LogP contribution is 2.64. The molecule has 0 heterocycles. The number of carbonyl (C=O) groups is 1. The van der Waals surface area contributed by atoms with Crippen LogP contribution >= 0.6 is 0 Å². The number of hydrogen-bond donors (Lipinski definition) is 2. The number of amides is 1. The predicted octanol–water partition coefficient (Wildman–Crippen LogP) is 0.865. The lowest BCUT2D eigenvalue weighted by Crippen LogP contribution is -2.58. The van der Waals surface area contributed by atoms with Crippen molar-refractivity contribution in [2.45, 2.75) is 32.1 Å². The van der Waals surface area contributed by atoms with Crippen molar-refractivity contribution in [1.82, 2.24) is 0 Å². The van der Waals surface area contributed by atoms with Crippen LogP contribution in [0.1, 0.15) is 32.1 Å². The summed E-state index contributed by atoms with van der Waals surface area (Å²) in [4.78, 5) is 11.6. The van der Waals surface area contributed by atoms with E-state index in [1.165, 1.54) is 6.42 Å². The number of carbonyl (C=O) groups excluding carboxylic acids is 1. The van der Waals surface area contributed by atoms with Gasteiger partial charge in [-0.3, -0.25) is 4.79 Å². The lowest BCUT2D eigenvalue weighted by Gasteiger charge is -2.60. The van der Waals surface area contributed by atoms with E-state index in [0.717, 1.165) is 25.7 Å². The third kappa shape index (κ3) is 1.19. The average molecular weight is 208 g/mol. The molecule has 4 aliphatic carbocycles. The zero-order chi connectivity index (χ0) is 10.7. The van der Waals surface area contributed by atoms with Gasteiger partial charge in [-0.1, -0.05) is 0 Å². The highest BCUT2D eigenvalue weighted by atomic mass is 16.3. The SMILES string of the molecule is NC(=O)C12[CH]C3CC(CC(CO)(C3)C1)C2. The minimum Gasteiger partial charge on any atom is -0.396 e. The third-order valence-electron chi connectivity index (χ3n) is 4.78. The van der Waals surface area contributed by atoms with Gasteiger partial charge in [-0.05, 0) is 55.8 Å². The topological polar surface area (TPSA) is 63.3 Å². The number of primary amides is 1. The summed E-state index contributed by atoms with van der Waals surface area (Å²) in [7, 11) is 0. The molecule has 4 bridgehead atoms. The Morgan fingerprint density at radius 3 is 2.87 bits per heavy atom. The fraction of sp³-hybridized carbons (Fsp3) is 0.833. The largest absolute Gasteiger partial charge is 0.396 e. The lowest BCUT2D eigenvalue weighted by molar-refractivity contribution is -0.146. The van der Waals surface area contributed by atoms with Gasteiger partial charge in [0, 0.05) is 6.61 Å². The second-order valence-corrected chi connectivity index (χ2v) is 6.00. The molecule has 4 saturated carbocycles. The van der Waals surface area contributed by atoms with Gasteiger partial charge in [-0.15, -0.1) is 0 Å². The summed E-state index contributed by atoms with van der Waals surface area (Å²) in [5, 5.41) is 9.56. The van der Waals surface area contributed by atoms with Crippen molar-refractivity contribution in [2.24, 2.45) is 28.4 Å². The Balaban J connectivity index is 1.99. The molecular formula is C12H18NO2. The lowest BCUT2D eigenvalue weighted by atomic mass is 9.44. The van der Waals surface area contributed by atoms with Crippen molar-refractivity contribution >= 4 is 5.91 Å². The number of aliphatic hydroxyl groups excluding tert-OH is 1. The first-order chi connectivity index (χ1) is 7.07. The molecule has 4 fully saturated rings. The minimum atomic E-state index is -0.382. The summed E-state index contributed by atoms with van der Waals surface area (Å²) >= 11 is 0. The Labute approximate surface area is 90.0 Å². The highest BCUT2D eigenvalue weighted by molar-refractivity contribution is 5.83. The average Bonchev–Trinajstić information content (AvgIpc) is 2.15. The van der Waals surface area contributed by atoms with Crippen LogP contribution in [0.5, 0.6) is 0 Å². The Kier molecular flexibility index (Phi) is 1.77. The van der Waals surface area contributed by atoms with Crippen LogP contribution in [-0.2, 0) is 4.79 Å². The van der Waals surface area contributed by atoms with Gasteiger partial charge in [-0.25, -0.2) is 0 Å². The number of rotatable bonds is 2. The number of aliphatic hydroxyl groups is 1. The van der Waals surface area contributed by atoms with Crippen molar-refractivity contribution in [3.05, 3.63) is 6.42 Å². The molecule has 4 atom stereocenters. The molecule has 3 N–H and O–H groups in total. The Hall–Kier alpha value is -0.570. The standard InChI is InChI=1S/C12H18NO2/c13-10(15)12-4-8-1-9(5-12)3-11(2-8,6-12)7-14/h4,8-9,14H,1-3,5-7H2,(H2,13,15). The first-order valence-electron chi connectivity index (χ1n) is 5.84. The van der Waals surface area contributed by atoms with E-state index in [1.54, 1.807) is 0 Å². The van der Waals surface area contributed by atoms with E-state index in [0.29, 0.717) is 11.8 Å². The zero-order valence-corrected chi connectivity index (χ0v) is 8.91. The fourth-order valence-electron chi connectivity index (χ4n) is 4.56. The first kappa shape index (κ1) is 9.64. The molecule has 4 unspecified atom stereocenters. The van der Waals surface area contributed by atoms with Gasteiger partial charge in [0.1, 0.15) is 0 Å². The smallest absolute Gasteiger partial charge is 0.223 e. The van der Waals surface area contributed by atoms with Crippen LogP contribution in [0.2, 0.25) is 0 Å². The molecule has 4 aliphatic rings. The van der Waals surface area contributed by atoms with E-state index >= 15 is 0 Å². The summed E-state index contributed by atoms with van der Waals surface area (Å²) in [5.41, 5.74) is 5.18. The second kappa shape index (κ2) is 2.76. The van der Waals surface area contributed by atoms with Crippen LogP contribution in [0.25, 0.3) is 0 Å². The fourth-order valence-corrected chi connectivity index (χ4v) is 4.56. The third-order valence-corrected chi connectivity index (χ3v) is 4.78. The Morgan fingerprint density at radius 1 is 1.47 bits per heavy atom. The summed E-state index contributed by atoms with van der Waals surface area (Å²) in [5.74, 6) is 0.961. The molecule has 1 amide bonds. The normalized spacial score (nSPS) is 52.1. The number of nitrogens with two attached hydrogens (primary N) is 1. The molecule has 3 nitrogen and oxygen atoms in total. The van der Waals surface area contributed by atoms with Crippen LogP contribution in [0, 0.1) is 29.1 Å². The molecule has 0 aromatic rings. The maximum Gasteiger partial charge on any atom is 0.223 e. The van der Waals surface area contributed by atoms with Crippen molar-refractivity contribution in [1.29, 1.82) is 0 Å². The van der Waals surface area contributed by atoms with Crippen LogP contribution in [0.4, 0.5) is 0 Å². The van der Waals surface area contributed by atoms with Crippen LogP contribution < -0.4 is 5.73 Å². The van der Waals surface area contributed by atoms with Crippen molar-refractivity contribution in [2.75, 3.05) is 6.61 Å². The first-order valence-corrected chi connectivity index (χ1v) is 5.84. The van der Waals surface area contributed by atoms with Crippen LogP contribution in [0.15, 0.2) is 0 Å². The summed E-state index contributed by atoms with van der Waals surface area (Å²) < 4.78 is 0. The quantitative estimate of drug-likeness (QED) is 0.707. The predicted molar refractivity (Wildman–Crippen MR) is 55.5 cm³/mol. The van der Waals surface area contributed by atoms with Crippen molar-refractivity contribution in [3.63, 3.8) is 0 Å². The van der Waals surface area contributed by atoms with Crippen LogP contribution in [0.3, 0.4) is 0 Å². The van der Waals surface area contributed by atoms with Gasteiger partial charge in [0.2, 0.25) is 5.91 Å². The molecule has 4 rings (SSSR count). The summed E-state index contributed by atoms with van der Waals surface area (Å²) in [6.07, 6.45) is 7.28. The van der Waals surface area contributed by atoms with E-state index in [9.17, 15) is 9.90 Å². The number of hydrogen-bond acceptors (Lipinski definition) is 2. The van der Waals surface area contributed by atoms with Gasteiger partial charge in [0.05, 0.1) is 5.41 Å². The molecule has 0 spiro atoms. The molecule has 15 heavy (non-hydrogen) atoms.